The van der Waals surface area contributed by atoms with Gasteiger partial charge in [-0.05, 0) is 61.6 Å². The maximum absolute atomic E-state index is 13.8. The number of amides is 2. The number of aromatic nitrogens is 2. The molecule has 1 atom stereocenters. The maximum atomic E-state index is 13.8. The van der Waals surface area contributed by atoms with Gasteiger partial charge in [-0.15, -0.1) is 0 Å². The summed E-state index contributed by atoms with van der Waals surface area (Å²) in [5.74, 6) is 0.777. The zero-order valence-electron chi connectivity index (χ0n) is 21.7. The van der Waals surface area contributed by atoms with Crippen LogP contribution in [0.1, 0.15) is 49.3 Å². The molecule has 0 bridgehead atoms. The summed E-state index contributed by atoms with van der Waals surface area (Å²) in [6.07, 6.45) is 0. The molecule has 0 saturated carbocycles. The van der Waals surface area contributed by atoms with E-state index in [1.54, 1.807) is 15.5 Å². The fourth-order valence-corrected chi connectivity index (χ4v) is 4.45. The molecule has 2 amide bonds. The van der Waals surface area contributed by atoms with Crippen LogP contribution in [-0.4, -0.2) is 27.0 Å². The summed E-state index contributed by atoms with van der Waals surface area (Å²) in [6, 6.07) is 22.6. The Labute approximate surface area is 212 Å². The molecule has 1 aromatic heterocycles. The number of urea groups is 1. The zero-order chi connectivity index (χ0) is 25.8. The van der Waals surface area contributed by atoms with E-state index in [0.717, 1.165) is 22.4 Å². The van der Waals surface area contributed by atoms with Gasteiger partial charge >= 0.3 is 6.03 Å². The largest absolute Gasteiger partial charge is 0.334 e. The number of para-hydroxylation sites is 1. The number of nitrogens with one attached hydrogen (secondary N) is 1. The predicted octanol–water partition coefficient (Wildman–Crippen LogP) is 5.93. The van der Waals surface area contributed by atoms with Crippen LogP contribution in [0.4, 0.5) is 4.79 Å². The molecule has 0 radical (unpaired) electrons. The molecule has 0 spiro atoms. The van der Waals surface area contributed by atoms with E-state index in [0.29, 0.717) is 29.8 Å². The van der Waals surface area contributed by atoms with Gasteiger partial charge in [0.2, 0.25) is 0 Å². The minimum atomic E-state index is -0.444. The Morgan fingerprint density at radius 1 is 0.972 bits per heavy atom. The molecule has 1 heterocycles. The lowest BCUT2D eigenvalue weighted by molar-refractivity contribution is 0.166. The average molecular weight is 483 g/mol. The summed E-state index contributed by atoms with van der Waals surface area (Å²) in [7, 11) is 0. The smallest absolute Gasteiger partial charge is 0.318 e. The lowest BCUT2D eigenvalue weighted by Crippen LogP contribution is -2.44. The molecular weight excluding hydrogens is 448 g/mol. The van der Waals surface area contributed by atoms with Crippen molar-refractivity contribution in [2.45, 2.75) is 47.2 Å². The van der Waals surface area contributed by atoms with Crippen molar-refractivity contribution in [2.75, 3.05) is 6.54 Å². The Hall–Kier alpha value is -3.93. The molecule has 0 aliphatic heterocycles. The number of carbonyl (C=O) groups is 1. The zero-order valence-corrected chi connectivity index (χ0v) is 21.7. The lowest BCUT2D eigenvalue weighted by Gasteiger charge is -2.32. The van der Waals surface area contributed by atoms with Gasteiger partial charge in [0.15, 0.2) is 0 Å². The number of benzene rings is 3. The molecule has 1 N–H and O–H groups in total. The third-order valence-corrected chi connectivity index (χ3v) is 6.36. The summed E-state index contributed by atoms with van der Waals surface area (Å²) in [5.41, 5.74) is 4.32. The normalized spacial score (nSPS) is 12.1. The molecule has 6 nitrogen and oxygen atoms in total. The van der Waals surface area contributed by atoms with Crippen LogP contribution in [0.25, 0.3) is 16.6 Å². The van der Waals surface area contributed by atoms with Crippen molar-refractivity contribution in [3.63, 3.8) is 0 Å². The van der Waals surface area contributed by atoms with Crippen LogP contribution >= 0.6 is 0 Å². The highest BCUT2D eigenvalue weighted by Gasteiger charge is 2.28. The highest BCUT2D eigenvalue weighted by atomic mass is 16.2. The first-order chi connectivity index (χ1) is 17.3. The Morgan fingerprint density at radius 3 is 2.39 bits per heavy atom. The van der Waals surface area contributed by atoms with Crippen LogP contribution in [0.15, 0.2) is 77.6 Å². The standard InChI is InChI=1S/C30H34N4O2/c1-20(2)19-33(30(36)31-18-24-11-7-6-8-12-24)23(5)28-32-26-14-10-9-13-25(26)29(35)34(28)27-17-21(3)15-16-22(27)4/h6-17,20,23H,18-19H2,1-5H3,(H,31,36). The second kappa shape index (κ2) is 10.8. The molecular formula is C30H34N4O2. The van der Waals surface area contributed by atoms with Gasteiger partial charge in [-0.25, -0.2) is 9.78 Å². The second-order valence-electron chi connectivity index (χ2n) is 9.78. The van der Waals surface area contributed by atoms with Crippen LogP contribution < -0.4 is 10.9 Å². The van der Waals surface area contributed by atoms with Gasteiger partial charge in [-0.1, -0.05) is 68.4 Å². The first-order valence-electron chi connectivity index (χ1n) is 12.4. The number of fused-ring (bicyclic) bond motifs is 1. The number of carbonyl (C=O) groups excluding carboxylic acids is 1. The molecule has 0 aliphatic carbocycles. The first-order valence-corrected chi connectivity index (χ1v) is 12.4. The van der Waals surface area contributed by atoms with Gasteiger partial charge < -0.3 is 10.2 Å². The molecule has 3 aromatic carbocycles. The Kier molecular flexibility index (Phi) is 7.53. The number of nitrogens with zero attached hydrogens (tertiary/aromatic N) is 3. The van der Waals surface area contributed by atoms with Gasteiger partial charge in [0, 0.05) is 13.1 Å². The maximum Gasteiger partial charge on any atom is 0.318 e. The molecule has 4 aromatic rings. The summed E-state index contributed by atoms with van der Waals surface area (Å²) < 4.78 is 1.69. The fraction of sp³-hybridized carbons (Fsp3) is 0.300. The van der Waals surface area contributed by atoms with Crippen molar-refractivity contribution >= 4 is 16.9 Å². The van der Waals surface area contributed by atoms with E-state index in [2.05, 4.69) is 19.2 Å². The van der Waals surface area contributed by atoms with E-state index in [1.165, 1.54) is 0 Å². The predicted molar refractivity (Wildman–Crippen MR) is 145 cm³/mol. The Morgan fingerprint density at radius 2 is 1.67 bits per heavy atom. The monoisotopic (exact) mass is 482 g/mol. The van der Waals surface area contributed by atoms with Crippen molar-refractivity contribution < 1.29 is 4.79 Å². The van der Waals surface area contributed by atoms with Crippen molar-refractivity contribution in [3.8, 4) is 5.69 Å². The van der Waals surface area contributed by atoms with Crippen LogP contribution in [0.3, 0.4) is 0 Å². The molecule has 0 fully saturated rings. The van der Waals surface area contributed by atoms with Crippen LogP contribution in [-0.2, 0) is 6.54 Å². The third-order valence-electron chi connectivity index (χ3n) is 6.36. The number of hydrogen-bond acceptors (Lipinski definition) is 3. The van der Waals surface area contributed by atoms with E-state index in [4.69, 9.17) is 4.98 Å². The van der Waals surface area contributed by atoms with E-state index in [9.17, 15) is 9.59 Å². The van der Waals surface area contributed by atoms with Crippen molar-refractivity contribution in [2.24, 2.45) is 5.92 Å². The minimum absolute atomic E-state index is 0.134. The van der Waals surface area contributed by atoms with E-state index >= 15 is 0 Å². The second-order valence-corrected chi connectivity index (χ2v) is 9.78. The minimum Gasteiger partial charge on any atom is -0.334 e. The van der Waals surface area contributed by atoms with E-state index < -0.39 is 6.04 Å². The lowest BCUT2D eigenvalue weighted by atomic mass is 10.1. The summed E-state index contributed by atoms with van der Waals surface area (Å²) in [5, 5.41) is 3.61. The first kappa shape index (κ1) is 25.2. The van der Waals surface area contributed by atoms with Gasteiger partial charge in [-0.3, -0.25) is 9.36 Å². The molecule has 4 rings (SSSR count). The highest BCUT2D eigenvalue weighted by molar-refractivity contribution is 5.78. The average Bonchev–Trinajstić information content (AvgIpc) is 2.87. The van der Waals surface area contributed by atoms with Crippen molar-refractivity contribution in [1.29, 1.82) is 0 Å². The molecule has 6 heteroatoms. The van der Waals surface area contributed by atoms with Gasteiger partial charge in [0.1, 0.15) is 5.82 Å². The van der Waals surface area contributed by atoms with E-state index in [-0.39, 0.29) is 17.5 Å². The number of aryl methyl sites for hydroxylation is 2. The summed E-state index contributed by atoms with van der Waals surface area (Å²) >= 11 is 0. The van der Waals surface area contributed by atoms with E-state index in [1.807, 2.05) is 87.5 Å². The fourth-order valence-electron chi connectivity index (χ4n) is 4.45. The highest BCUT2D eigenvalue weighted by Crippen LogP contribution is 2.25. The van der Waals surface area contributed by atoms with Crippen LogP contribution in [0.2, 0.25) is 0 Å². The molecule has 0 aliphatic rings. The topological polar surface area (TPSA) is 67.2 Å². The molecule has 1 unspecified atom stereocenters. The molecule has 0 saturated heterocycles. The molecule has 186 valence electrons. The Balaban J connectivity index is 1.82. The number of hydrogen-bond donors (Lipinski definition) is 1. The van der Waals surface area contributed by atoms with Gasteiger partial charge in [0.25, 0.3) is 5.56 Å². The van der Waals surface area contributed by atoms with Crippen LogP contribution in [0.5, 0.6) is 0 Å². The molecule has 36 heavy (non-hydrogen) atoms. The quantitative estimate of drug-likeness (QED) is 0.355. The summed E-state index contributed by atoms with van der Waals surface area (Å²) in [4.78, 5) is 34.1. The summed E-state index contributed by atoms with van der Waals surface area (Å²) in [6.45, 7) is 11.1. The number of rotatable bonds is 7. The van der Waals surface area contributed by atoms with Gasteiger partial charge in [-0.2, -0.15) is 0 Å². The SMILES string of the molecule is Cc1ccc(C)c(-n2c(C(C)N(CC(C)C)C(=O)NCc3ccccc3)nc3ccccc3c2=O)c1. The van der Waals surface area contributed by atoms with Crippen molar-refractivity contribution in [3.05, 3.63) is 106 Å². The third kappa shape index (κ3) is 5.33. The Bertz CT molecular complexity index is 1430. The van der Waals surface area contributed by atoms with Crippen molar-refractivity contribution in [1.82, 2.24) is 19.8 Å². The van der Waals surface area contributed by atoms with Crippen LogP contribution in [0, 0.1) is 19.8 Å². The van der Waals surface area contributed by atoms with Gasteiger partial charge in [0.05, 0.1) is 22.6 Å².